The first kappa shape index (κ1) is 11.9. The highest BCUT2D eigenvalue weighted by Gasteiger charge is 2.32. The number of benzene rings is 1. The van der Waals surface area contributed by atoms with E-state index in [9.17, 15) is 13.2 Å². The fraction of sp³-hybridized carbons (Fsp3) is 0.0769. The second-order valence-corrected chi connectivity index (χ2v) is 6.18. The maximum absolute atomic E-state index is 12.5. The number of hydrogen-bond donors (Lipinski definition) is 0. The number of rotatable bonds is 1. The van der Waals surface area contributed by atoms with Gasteiger partial charge in [0.2, 0.25) is 9.84 Å². The Morgan fingerprint density at radius 3 is 2.74 bits per heavy atom. The van der Waals surface area contributed by atoms with Crippen molar-refractivity contribution in [1.82, 2.24) is 9.55 Å². The lowest BCUT2D eigenvalue weighted by Gasteiger charge is -2.17. The van der Waals surface area contributed by atoms with Crippen LogP contribution in [0.5, 0.6) is 0 Å². The molecule has 0 bridgehead atoms. The second kappa shape index (κ2) is 3.89. The average Bonchev–Trinajstić information content (AvgIpc) is 2.87. The number of nitrogens with zero attached hydrogens (tertiary/aromatic N) is 2. The maximum Gasteiger partial charge on any atom is 0.223 e. The molecule has 0 saturated carbocycles. The van der Waals surface area contributed by atoms with Gasteiger partial charge in [-0.2, -0.15) is 0 Å². The van der Waals surface area contributed by atoms with E-state index in [2.05, 4.69) is 4.98 Å². The lowest BCUT2D eigenvalue weighted by Crippen LogP contribution is -2.19. The van der Waals surface area contributed by atoms with Crippen molar-refractivity contribution in [3.05, 3.63) is 54.1 Å². The van der Waals surface area contributed by atoms with E-state index < -0.39 is 9.84 Å². The van der Waals surface area contributed by atoms with Gasteiger partial charge in [0.25, 0.3) is 0 Å². The average molecular weight is 274 g/mol. The van der Waals surface area contributed by atoms with E-state index in [-0.39, 0.29) is 21.3 Å². The van der Waals surface area contributed by atoms with Gasteiger partial charge in [-0.25, -0.2) is 13.4 Å². The smallest absolute Gasteiger partial charge is 0.223 e. The molecule has 0 fully saturated rings. The Morgan fingerprint density at radius 2 is 2.05 bits per heavy atom. The number of hydrogen-bond acceptors (Lipinski definition) is 4. The summed E-state index contributed by atoms with van der Waals surface area (Å²) < 4.78 is 26.3. The minimum Gasteiger partial charge on any atom is -0.296 e. The molecule has 2 aromatic rings. The van der Waals surface area contributed by atoms with Crippen LogP contribution in [0.15, 0.2) is 47.9 Å². The summed E-state index contributed by atoms with van der Waals surface area (Å²) >= 11 is 0. The summed E-state index contributed by atoms with van der Waals surface area (Å²) in [6.07, 6.45) is 5.45. The first-order chi connectivity index (χ1) is 9.00. The Morgan fingerprint density at radius 1 is 1.26 bits per heavy atom. The van der Waals surface area contributed by atoms with Crippen LogP contribution in [-0.4, -0.2) is 23.8 Å². The standard InChI is InChI=1S/C13H10N2O3S/c1-9-2-3-12-10(6-9)11(16)7-13(19(12,17)18)15-5-4-14-8-15/h2-8H,1H3. The number of carbonyl (C=O) groups is 1. The van der Waals surface area contributed by atoms with Crippen molar-refractivity contribution in [3.8, 4) is 0 Å². The predicted molar refractivity (Wildman–Crippen MR) is 69.2 cm³/mol. The van der Waals surface area contributed by atoms with Gasteiger partial charge in [0.05, 0.1) is 11.2 Å². The Balaban J connectivity index is 2.30. The first-order valence-corrected chi connectivity index (χ1v) is 7.08. The molecule has 96 valence electrons. The molecule has 1 aliphatic heterocycles. The van der Waals surface area contributed by atoms with Crippen LogP contribution in [0.25, 0.3) is 5.03 Å². The highest BCUT2D eigenvalue weighted by Crippen LogP contribution is 2.31. The first-order valence-electron chi connectivity index (χ1n) is 5.60. The fourth-order valence-corrected chi connectivity index (χ4v) is 3.62. The third-order valence-corrected chi connectivity index (χ3v) is 4.79. The number of ketones is 1. The molecule has 0 atom stereocenters. The molecule has 6 heteroatoms. The van der Waals surface area contributed by atoms with Crippen LogP contribution in [0.4, 0.5) is 0 Å². The molecule has 1 aromatic heterocycles. The number of carbonyl (C=O) groups excluding carboxylic acids is 1. The van der Waals surface area contributed by atoms with Crippen molar-refractivity contribution in [2.24, 2.45) is 0 Å². The molecule has 0 saturated heterocycles. The number of sulfone groups is 1. The van der Waals surface area contributed by atoms with Gasteiger partial charge in [0.1, 0.15) is 5.03 Å². The quantitative estimate of drug-likeness (QED) is 0.793. The van der Waals surface area contributed by atoms with Crippen LogP contribution in [0, 0.1) is 6.92 Å². The maximum atomic E-state index is 12.5. The molecule has 0 amide bonds. The molecule has 1 aromatic carbocycles. The summed E-state index contributed by atoms with van der Waals surface area (Å²) in [7, 11) is -3.69. The van der Waals surface area contributed by atoms with E-state index in [1.807, 2.05) is 6.92 Å². The third kappa shape index (κ3) is 1.72. The molecule has 0 radical (unpaired) electrons. The van der Waals surface area contributed by atoms with E-state index >= 15 is 0 Å². The van der Waals surface area contributed by atoms with Crippen molar-refractivity contribution in [2.75, 3.05) is 0 Å². The van der Waals surface area contributed by atoms with Crippen molar-refractivity contribution >= 4 is 20.6 Å². The minimum absolute atomic E-state index is 0.0503. The molecule has 1 aliphatic rings. The number of imidazole rings is 1. The Bertz CT molecular complexity index is 802. The zero-order valence-corrected chi connectivity index (χ0v) is 10.9. The summed E-state index contributed by atoms with van der Waals surface area (Å²) in [5.74, 6) is -0.308. The highest BCUT2D eigenvalue weighted by atomic mass is 32.2. The highest BCUT2D eigenvalue weighted by molar-refractivity contribution is 8.00. The van der Waals surface area contributed by atoms with Gasteiger partial charge in [0, 0.05) is 24.0 Å². The molecule has 0 unspecified atom stereocenters. The van der Waals surface area contributed by atoms with Gasteiger partial charge in [0.15, 0.2) is 5.78 Å². The van der Waals surface area contributed by atoms with Gasteiger partial charge in [-0.15, -0.1) is 0 Å². The molecule has 2 heterocycles. The molecule has 0 N–H and O–H groups in total. The van der Waals surface area contributed by atoms with Gasteiger partial charge in [-0.05, 0) is 19.1 Å². The van der Waals surface area contributed by atoms with E-state index in [1.165, 1.54) is 29.4 Å². The summed E-state index contributed by atoms with van der Waals surface area (Å²) in [6.45, 7) is 1.81. The van der Waals surface area contributed by atoms with Crippen LogP contribution < -0.4 is 0 Å². The van der Waals surface area contributed by atoms with Crippen molar-refractivity contribution in [2.45, 2.75) is 11.8 Å². The normalized spacial score (nSPS) is 16.9. The van der Waals surface area contributed by atoms with E-state index in [0.29, 0.717) is 0 Å². The minimum atomic E-state index is -3.69. The summed E-state index contributed by atoms with van der Waals surface area (Å²) in [5, 5.41) is -0.0636. The lowest BCUT2D eigenvalue weighted by molar-refractivity contribution is 0.104. The molecule has 19 heavy (non-hydrogen) atoms. The van der Waals surface area contributed by atoms with Crippen molar-refractivity contribution in [3.63, 3.8) is 0 Å². The van der Waals surface area contributed by atoms with Crippen LogP contribution >= 0.6 is 0 Å². The van der Waals surface area contributed by atoms with Crippen molar-refractivity contribution < 1.29 is 13.2 Å². The van der Waals surface area contributed by atoms with E-state index in [1.54, 1.807) is 12.1 Å². The van der Waals surface area contributed by atoms with Crippen molar-refractivity contribution in [1.29, 1.82) is 0 Å². The van der Waals surface area contributed by atoms with Crippen LogP contribution in [-0.2, 0) is 9.84 Å². The molecule has 0 spiro atoms. The zero-order chi connectivity index (χ0) is 13.6. The summed E-state index contributed by atoms with van der Waals surface area (Å²) in [5.41, 5.74) is 1.07. The van der Waals surface area contributed by atoms with Gasteiger partial charge >= 0.3 is 0 Å². The number of fused-ring (bicyclic) bond motifs is 1. The summed E-state index contributed by atoms with van der Waals surface area (Å²) in [6, 6.07) is 4.75. The second-order valence-electron chi connectivity index (χ2n) is 4.32. The van der Waals surface area contributed by atoms with Gasteiger partial charge in [-0.3, -0.25) is 9.36 Å². The Kier molecular flexibility index (Phi) is 2.43. The monoisotopic (exact) mass is 274 g/mol. The lowest BCUT2D eigenvalue weighted by atomic mass is 10.1. The van der Waals surface area contributed by atoms with E-state index in [0.717, 1.165) is 11.6 Å². The summed E-state index contributed by atoms with van der Waals surface area (Å²) in [4.78, 5) is 15.9. The Hall–Kier alpha value is -2.21. The SMILES string of the molecule is Cc1ccc2c(c1)C(=O)C=C(n1ccnc1)S2(=O)=O. The zero-order valence-electron chi connectivity index (χ0n) is 10.1. The fourth-order valence-electron chi connectivity index (χ4n) is 2.05. The molecular weight excluding hydrogens is 264 g/mol. The number of aryl methyl sites for hydroxylation is 1. The largest absolute Gasteiger partial charge is 0.296 e. The van der Waals surface area contributed by atoms with Gasteiger partial charge in [-0.1, -0.05) is 11.6 Å². The number of aromatic nitrogens is 2. The molecular formula is C13H10N2O3S. The van der Waals surface area contributed by atoms with E-state index in [4.69, 9.17) is 0 Å². The number of allylic oxidation sites excluding steroid dienone is 1. The Labute approximate surface area is 110 Å². The molecule has 5 nitrogen and oxygen atoms in total. The topological polar surface area (TPSA) is 69.0 Å². The third-order valence-electron chi connectivity index (χ3n) is 2.98. The molecule has 0 aliphatic carbocycles. The van der Waals surface area contributed by atoms with Crippen LogP contribution in [0.2, 0.25) is 0 Å². The van der Waals surface area contributed by atoms with Crippen LogP contribution in [0.1, 0.15) is 15.9 Å². The van der Waals surface area contributed by atoms with Crippen LogP contribution in [0.3, 0.4) is 0 Å². The molecule has 3 rings (SSSR count). The predicted octanol–water partition coefficient (Wildman–Crippen LogP) is 1.66. The van der Waals surface area contributed by atoms with Gasteiger partial charge < -0.3 is 0 Å².